The molecule has 6 nitrogen and oxygen atoms in total. The molecule has 2 aromatic carbocycles. The van der Waals surface area contributed by atoms with E-state index >= 15 is 0 Å². The van der Waals surface area contributed by atoms with E-state index in [-0.39, 0.29) is 29.3 Å². The fourth-order valence-electron chi connectivity index (χ4n) is 2.15. The monoisotopic (exact) mass is 431 g/mol. The van der Waals surface area contributed by atoms with Crippen LogP contribution in [0.4, 0.5) is 15.8 Å². The smallest absolute Gasteiger partial charge is 0.338 e. The highest BCUT2D eigenvalue weighted by atomic mass is 79.9. The largest absolute Gasteiger partial charge is 0.506 e. The lowest BCUT2D eigenvalue weighted by molar-refractivity contribution is 0.0526. The molecule has 0 bridgehead atoms. The van der Waals surface area contributed by atoms with Crippen LogP contribution in [0.1, 0.15) is 22.8 Å². The van der Waals surface area contributed by atoms with E-state index in [2.05, 4.69) is 15.9 Å². The number of aromatic hydroxyl groups is 1. The number of halogens is 2. The average molecular weight is 432 g/mol. The molecule has 0 spiro atoms. The first kappa shape index (κ1) is 19.2. The molecule has 2 aromatic rings. The van der Waals surface area contributed by atoms with Crippen molar-refractivity contribution in [3.05, 3.63) is 51.7 Å². The van der Waals surface area contributed by atoms with Crippen LogP contribution in [0.25, 0.3) is 0 Å². The summed E-state index contributed by atoms with van der Waals surface area (Å²) in [6.07, 6.45) is 0. The van der Waals surface area contributed by atoms with Crippen molar-refractivity contribution in [3.8, 4) is 5.75 Å². The summed E-state index contributed by atoms with van der Waals surface area (Å²) >= 11 is 3.25. The number of aryl methyl sites for hydroxylation is 1. The second-order valence-electron chi connectivity index (χ2n) is 5.03. The minimum Gasteiger partial charge on any atom is -0.506 e. The maximum atomic E-state index is 14.4. The standard InChI is InChI=1S/C16H15BrFNO5S/c1-3-24-16(21)10-4-5-13(12(18)7-10)19(25(22)23)14-8-11(17)9(2)6-15(14)20/h4-8,20,25H,3H2,1-2H3. The molecule has 0 atom stereocenters. The second-order valence-corrected chi connectivity index (χ2v) is 6.76. The molecule has 0 amide bonds. The summed E-state index contributed by atoms with van der Waals surface area (Å²) in [5, 5.41) is 10.1. The maximum absolute atomic E-state index is 14.4. The van der Waals surface area contributed by atoms with Crippen molar-refractivity contribution in [3.63, 3.8) is 0 Å². The van der Waals surface area contributed by atoms with Crippen LogP contribution in [-0.2, 0) is 15.6 Å². The maximum Gasteiger partial charge on any atom is 0.338 e. The van der Waals surface area contributed by atoms with Gasteiger partial charge in [-0.1, -0.05) is 15.9 Å². The van der Waals surface area contributed by atoms with Gasteiger partial charge in [-0.3, -0.25) is 0 Å². The number of carbonyl (C=O) groups excluding carboxylic acids is 1. The topological polar surface area (TPSA) is 83.9 Å². The fourth-order valence-corrected chi connectivity index (χ4v) is 3.16. The van der Waals surface area contributed by atoms with Crippen LogP contribution in [0.3, 0.4) is 0 Å². The van der Waals surface area contributed by atoms with Crippen LogP contribution in [0.15, 0.2) is 34.8 Å². The highest BCUT2D eigenvalue weighted by molar-refractivity contribution is 9.10. The van der Waals surface area contributed by atoms with Gasteiger partial charge in [0, 0.05) is 4.47 Å². The molecule has 1 N–H and O–H groups in total. The number of carbonyl (C=O) groups is 1. The van der Waals surface area contributed by atoms with Gasteiger partial charge in [0.15, 0.2) is 0 Å². The first-order chi connectivity index (χ1) is 11.8. The van der Waals surface area contributed by atoms with Crippen molar-refractivity contribution in [2.75, 3.05) is 10.9 Å². The SMILES string of the molecule is CCOC(=O)c1ccc(N(c2cc(Br)c(C)cc2O)[SH](=O)=O)c(F)c1. The van der Waals surface area contributed by atoms with Gasteiger partial charge in [0.05, 0.1) is 23.5 Å². The van der Waals surface area contributed by atoms with E-state index < -0.39 is 22.7 Å². The number of esters is 1. The van der Waals surface area contributed by atoms with Crippen molar-refractivity contribution in [2.24, 2.45) is 0 Å². The summed E-state index contributed by atoms with van der Waals surface area (Å²) in [6, 6.07) is 6.01. The van der Waals surface area contributed by atoms with E-state index in [1.54, 1.807) is 13.8 Å². The Bertz CT molecular complexity index is 892. The number of phenolic OH excluding ortho intramolecular Hbond substituents is 1. The molecule has 134 valence electrons. The molecule has 0 aromatic heterocycles. The van der Waals surface area contributed by atoms with E-state index in [4.69, 9.17) is 4.74 Å². The van der Waals surface area contributed by atoms with Gasteiger partial charge < -0.3 is 9.84 Å². The molecule has 2 rings (SSSR count). The molecule has 0 unspecified atom stereocenters. The van der Waals surface area contributed by atoms with Crippen LogP contribution < -0.4 is 4.31 Å². The normalized spacial score (nSPS) is 10.8. The van der Waals surface area contributed by atoms with Gasteiger partial charge in [-0.15, -0.1) is 0 Å². The summed E-state index contributed by atoms with van der Waals surface area (Å²) in [4.78, 5) is 11.7. The zero-order valence-corrected chi connectivity index (χ0v) is 15.8. The van der Waals surface area contributed by atoms with E-state index in [1.165, 1.54) is 18.2 Å². The summed E-state index contributed by atoms with van der Waals surface area (Å²) in [6.45, 7) is 3.46. The molecule has 9 heteroatoms. The third-order valence-electron chi connectivity index (χ3n) is 3.33. The molecular formula is C16H15BrFNO5S. The number of hydrogen-bond donors (Lipinski definition) is 2. The average Bonchev–Trinajstić information content (AvgIpc) is 2.53. The summed E-state index contributed by atoms with van der Waals surface area (Å²) in [7, 11) is -3.31. The van der Waals surface area contributed by atoms with Crippen molar-refractivity contribution in [2.45, 2.75) is 13.8 Å². The Balaban J connectivity index is 2.56. The molecular weight excluding hydrogens is 417 g/mol. The number of hydrogen-bond acceptors (Lipinski definition) is 5. The van der Waals surface area contributed by atoms with Gasteiger partial charge in [0.25, 0.3) is 0 Å². The number of ether oxygens (including phenoxy) is 1. The third kappa shape index (κ3) is 4.10. The summed E-state index contributed by atoms with van der Waals surface area (Å²) < 4.78 is 43.8. The van der Waals surface area contributed by atoms with Crippen LogP contribution >= 0.6 is 15.9 Å². The Morgan fingerprint density at radius 3 is 2.52 bits per heavy atom. The van der Waals surface area contributed by atoms with Crippen LogP contribution in [0.2, 0.25) is 0 Å². The van der Waals surface area contributed by atoms with Crippen molar-refractivity contribution in [1.82, 2.24) is 0 Å². The number of nitrogens with zero attached hydrogens (tertiary/aromatic N) is 1. The number of anilines is 2. The van der Waals surface area contributed by atoms with Crippen molar-refractivity contribution < 1.29 is 27.4 Å². The van der Waals surface area contributed by atoms with Gasteiger partial charge >= 0.3 is 5.97 Å². The molecule has 0 saturated carbocycles. The number of phenols is 1. The summed E-state index contributed by atoms with van der Waals surface area (Å²) in [5.74, 6) is -1.98. The fraction of sp³-hybridized carbons (Fsp3) is 0.188. The lowest BCUT2D eigenvalue weighted by Crippen LogP contribution is -2.17. The second kappa shape index (κ2) is 7.83. The van der Waals surface area contributed by atoms with Crippen LogP contribution in [0, 0.1) is 12.7 Å². The lowest BCUT2D eigenvalue weighted by Gasteiger charge is -2.20. The van der Waals surface area contributed by atoms with Crippen LogP contribution in [-0.4, -0.2) is 26.1 Å². The Hall–Kier alpha value is -2.13. The van der Waals surface area contributed by atoms with Crippen molar-refractivity contribution >= 4 is 44.2 Å². The van der Waals surface area contributed by atoms with E-state index in [9.17, 15) is 22.7 Å². The number of rotatable bonds is 5. The van der Waals surface area contributed by atoms with E-state index in [0.717, 1.165) is 12.1 Å². The molecule has 0 radical (unpaired) electrons. The molecule has 25 heavy (non-hydrogen) atoms. The third-order valence-corrected chi connectivity index (χ3v) is 4.95. The molecule has 0 aliphatic rings. The summed E-state index contributed by atoms with van der Waals surface area (Å²) in [5.41, 5.74) is 0.200. The zero-order valence-electron chi connectivity index (χ0n) is 13.3. The van der Waals surface area contributed by atoms with Gasteiger partial charge in [0.2, 0.25) is 10.9 Å². The van der Waals surface area contributed by atoms with E-state index in [1.807, 2.05) is 0 Å². The minimum atomic E-state index is -3.31. The van der Waals surface area contributed by atoms with E-state index in [0.29, 0.717) is 14.3 Å². The van der Waals surface area contributed by atoms with Gasteiger partial charge in [-0.2, -0.15) is 0 Å². The van der Waals surface area contributed by atoms with Crippen molar-refractivity contribution in [1.29, 1.82) is 0 Å². The lowest BCUT2D eigenvalue weighted by atomic mass is 10.1. The molecule has 0 fully saturated rings. The zero-order chi connectivity index (χ0) is 18.7. The Morgan fingerprint density at radius 1 is 1.28 bits per heavy atom. The van der Waals surface area contributed by atoms with Gasteiger partial charge in [-0.25, -0.2) is 21.9 Å². The molecule has 0 saturated heterocycles. The minimum absolute atomic E-state index is 0.0431. The predicted molar refractivity (Wildman–Crippen MR) is 95.4 cm³/mol. The number of thiol groups is 1. The molecule has 0 aliphatic heterocycles. The Labute approximate surface area is 154 Å². The number of benzene rings is 2. The highest BCUT2D eigenvalue weighted by Gasteiger charge is 2.22. The Kier molecular flexibility index (Phi) is 6.02. The predicted octanol–water partition coefficient (Wildman–Crippen LogP) is 3.44. The highest BCUT2D eigenvalue weighted by Crippen LogP contribution is 2.38. The Morgan fingerprint density at radius 2 is 1.96 bits per heavy atom. The first-order valence-electron chi connectivity index (χ1n) is 7.16. The molecule has 0 aliphatic carbocycles. The first-order valence-corrected chi connectivity index (χ1v) is 9.08. The molecule has 0 heterocycles. The van der Waals surface area contributed by atoms with Gasteiger partial charge in [0.1, 0.15) is 11.6 Å². The van der Waals surface area contributed by atoms with Crippen LogP contribution in [0.5, 0.6) is 5.75 Å². The quantitative estimate of drug-likeness (QED) is 0.559. The van der Waals surface area contributed by atoms with Gasteiger partial charge in [-0.05, 0) is 49.7 Å².